The summed E-state index contributed by atoms with van der Waals surface area (Å²) in [4.78, 5) is 18.5. The van der Waals surface area contributed by atoms with Crippen molar-refractivity contribution >= 4 is 5.91 Å². The van der Waals surface area contributed by atoms with Crippen molar-refractivity contribution in [2.24, 2.45) is 11.3 Å². The molecule has 1 amide bonds. The second-order valence-electron chi connectivity index (χ2n) is 8.86. The number of carbonyl (C=O) groups excluding carboxylic acids is 1. The quantitative estimate of drug-likeness (QED) is 0.684. The van der Waals surface area contributed by atoms with Crippen LogP contribution in [0.25, 0.3) is 0 Å². The lowest BCUT2D eigenvalue weighted by molar-refractivity contribution is -0.144. The van der Waals surface area contributed by atoms with Gasteiger partial charge in [0.15, 0.2) is 0 Å². The third-order valence-corrected chi connectivity index (χ3v) is 7.34. The average molecular weight is 405 g/mol. The van der Waals surface area contributed by atoms with E-state index >= 15 is 0 Å². The molecule has 0 aromatic carbocycles. The Bertz CT molecular complexity index is 648. The van der Waals surface area contributed by atoms with E-state index in [0.29, 0.717) is 18.5 Å². The third-order valence-electron chi connectivity index (χ3n) is 7.34. The molecule has 2 aliphatic heterocycles. The van der Waals surface area contributed by atoms with Gasteiger partial charge in [0.2, 0.25) is 5.91 Å². The van der Waals surface area contributed by atoms with Crippen molar-refractivity contribution in [3.05, 3.63) is 12.4 Å². The van der Waals surface area contributed by atoms with Gasteiger partial charge in [0.05, 0.1) is 24.8 Å². The smallest absolute Gasteiger partial charge is 0.227 e. The SMILES string of the molecule is CCN1CC[C@@H]2C[C@@H](N3CCOCC3)CC[C@@]2(C(=O)NCCCn2ccnn2)C1. The largest absolute Gasteiger partial charge is 0.379 e. The van der Waals surface area contributed by atoms with Crippen LogP contribution in [0.15, 0.2) is 12.4 Å². The Kier molecular flexibility index (Phi) is 6.82. The Morgan fingerprint density at radius 1 is 1.28 bits per heavy atom. The average Bonchev–Trinajstić information content (AvgIpc) is 3.30. The maximum absolute atomic E-state index is 13.5. The Morgan fingerprint density at radius 3 is 2.90 bits per heavy atom. The fourth-order valence-corrected chi connectivity index (χ4v) is 5.60. The monoisotopic (exact) mass is 404 g/mol. The van der Waals surface area contributed by atoms with E-state index in [2.05, 4.69) is 32.4 Å². The van der Waals surface area contributed by atoms with Gasteiger partial charge in [-0.3, -0.25) is 14.4 Å². The first-order valence-corrected chi connectivity index (χ1v) is 11.4. The zero-order chi connectivity index (χ0) is 20.1. The minimum atomic E-state index is -0.218. The third kappa shape index (κ3) is 4.64. The molecule has 2 saturated heterocycles. The lowest BCUT2D eigenvalue weighted by Crippen LogP contribution is -2.60. The zero-order valence-electron chi connectivity index (χ0n) is 17.8. The van der Waals surface area contributed by atoms with Crippen LogP contribution in [-0.2, 0) is 16.1 Å². The van der Waals surface area contributed by atoms with E-state index < -0.39 is 0 Å². The molecule has 3 heterocycles. The van der Waals surface area contributed by atoms with E-state index in [9.17, 15) is 4.79 Å². The first kappa shape index (κ1) is 20.8. The van der Waals surface area contributed by atoms with Crippen molar-refractivity contribution in [3.8, 4) is 0 Å². The molecule has 0 spiro atoms. The Hall–Kier alpha value is -1.51. The number of nitrogens with one attached hydrogen (secondary N) is 1. The Balaban J connectivity index is 1.37. The van der Waals surface area contributed by atoms with E-state index in [0.717, 1.165) is 84.6 Å². The molecule has 0 unspecified atom stereocenters. The molecule has 0 radical (unpaired) electrons. The first-order valence-electron chi connectivity index (χ1n) is 11.4. The highest BCUT2D eigenvalue weighted by Gasteiger charge is 2.52. The molecule has 1 N–H and O–H groups in total. The van der Waals surface area contributed by atoms with Crippen LogP contribution in [0, 0.1) is 11.3 Å². The Labute approximate surface area is 173 Å². The van der Waals surface area contributed by atoms with Crippen LogP contribution in [0.5, 0.6) is 0 Å². The summed E-state index contributed by atoms with van der Waals surface area (Å²) in [6, 6.07) is 0.616. The van der Waals surface area contributed by atoms with Gasteiger partial charge in [0, 0.05) is 45.0 Å². The number of carbonyl (C=O) groups is 1. The van der Waals surface area contributed by atoms with Crippen LogP contribution in [0.2, 0.25) is 0 Å². The van der Waals surface area contributed by atoms with E-state index in [1.54, 1.807) is 6.20 Å². The van der Waals surface area contributed by atoms with Gasteiger partial charge in [0.25, 0.3) is 0 Å². The number of nitrogens with zero attached hydrogens (tertiary/aromatic N) is 5. The number of amides is 1. The minimum Gasteiger partial charge on any atom is -0.379 e. The summed E-state index contributed by atoms with van der Waals surface area (Å²) in [7, 11) is 0. The van der Waals surface area contributed by atoms with E-state index in [1.807, 2.05) is 10.9 Å². The molecule has 1 aromatic rings. The van der Waals surface area contributed by atoms with Crippen LogP contribution in [0.3, 0.4) is 0 Å². The normalized spacial score (nSPS) is 31.3. The van der Waals surface area contributed by atoms with Gasteiger partial charge in [-0.25, -0.2) is 0 Å². The zero-order valence-corrected chi connectivity index (χ0v) is 17.8. The highest BCUT2D eigenvalue weighted by atomic mass is 16.5. The van der Waals surface area contributed by atoms with Gasteiger partial charge in [-0.1, -0.05) is 12.1 Å². The number of hydrogen-bond acceptors (Lipinski definition) is 6. The minimum absolute atomic E-state index is 0.218. The van der Waals surface area contributed by atoms with E-state index in [4.69, 9.17) is 4.74 Å². The van der Waals surface area contributed by atoms with Crippen LogP contribution in [0.4, 0.5) is 0 Å². The van der Waals surface area contributed by atoms with Gasteiger partial charge in [-0.2, -0.15) is 0 Å². The molecule has 8 heteroatoms. The molecule has 4 rings (SSSR count). The molecule has 3 atom stereocenters. The van der Waals surface area contributed by atoms with Crippen LogP contribution < -0.4 is 5.32 Å². The van der Waals surface area contributed by atoms with Gasteiger partial charge >= 0.3 is 0 Å². The molecular formula is C21H36N6O2. The maximum atomic E-state index is 13.5. The maximum Gasteiger partial charge on any atom is 0.227 e. The molecular weight excluding hydrogens is 368 g/mol. The van der Waals surface area contributed by atoms with Crippen LogP contribution in [0.1, 0.15) is 39.0 Å². The summed E-state index contributed by atoms with van der Waals surface area (Å²) >= 11 is 0. The molecule has 29 heavy (non-hydrogen) atoms. The number of piperidine rings is 1. The standard InChI is InChI=1S/C21H36N6O2/c1-2-25-10-5-18-16-19(26-12-14-29-15-13-26)4-6-21(18,17-25)20(28)22-7-3-9-27-11-8-23-24-27/h8,11,18-19H,2-7,9-10,12-17H2,1H3,(H,22,28)/t18-,19+,21-/m1/s1. The van der Waals surface area contributed by atoms with Crippen molar-refractivity contribution in [1.82, 2.24) is 30.1 Å². The summed E-state index contributed by atoms with van der Waals surface area (Å²) in [6.07, 6.45) is 8.86. The fraction of sp³-hybridized carbons (Fsp3) is 0.857. The van der Waals surface area contributed by atoms with Crippen molar-refractivity contribution in [2.45, 2.75) is 51.6 Å². The van der Waals surface area contributed by atoms with Gasteiger partial charge in [-0.15, -0.1) is 5.10 Å². The molecule has 0 bridgehead atoms. The van der Waals surface area contributed by atoms with Crippen molar-refractivity contribution < 1.29 is 9.53 Å². The number of fused-ring (bicyclic) bond motifs is 1. The molecule has 3 aliphatic rings. The number of aromatic nitrogens is 3. The summed E-state index contributed by atoms with van der Waals surface area (Å²) in [5.74, 6) is 0.766. The highest BCUT2D eigenvalue weighted by molar-refractivity contribution is 5.83. The van der Waals surface area contributed by atoms with Crippen molar-refractivity contribution in [3.63, 3.8) is 0 Å². The topological polar surface area (TPSA) is 75.5 Å². The summed E-state index contributed by atoms with van der Waals surface area (Å²) in [5.41, 5.74) is -0.218. The predicted octanol–water partition coefficient (Wildman–Crippen LogP) is 0.997. The molecule has 1 saturated carbocycles. The van der Waals surface area contributed by atoms with Crippen molar-refractivity contribution in [1.29, 1.82) is 0 Å². The Morgan fingerprint density at radius 2 is 2.14 bits per heavy atom. The first-order chi connectivity index (χ1) is 14.2. The van der Waals surface area contributed by atoms with Crippen LogP contribution in [-0.4, -0.2) is 89.2 Å². The van der Waals surface area contributed by atoms with Gasteiger partial charge < -0.3 is 15.0 Å². The summed E-state index contributed by atoms with van der Waals surface area (Å²) < 4.78 is 7.36. The summed E-state index contributed by atoms with van der Waals surface area (Å²) in [6.45, 7) is 10.6. The molecule has 162 valence electrons. The molecule has 3 fully saturated rings. The number of hydrogen-bond donors (Lipinski definition) is 1. The molecule has 1 aliphatic carbocycles. The molecule has 8 nitrogen and oxygen atoms in total. The fourth-order valence-electron chi connectivity index (χ4n) is 5.60. The number of ether oxygens (including phenoxy) is 1. The summed E-state index contributed by atoms with van der Waals surface area (Å²) in [5, 5.41) is 11.1. The lowest BCUT2D eigenvalue weighted by Gasteiger charge is -2.53. The second kappa shape index (κ2) is 9.53. The van der Waals surface area contributed by atoms with Gasteiger partial charge in [-0.05, 0) is 51.1 Å². The predicted molar refractivity (Wildman–Crippen MR) is 110 cm³/mol. The van der Waals surface area contributed by atoms with Crippen LogP contribution >= 0.6 is 0 Å². The van der Waals surface area contributed by atoms with E-state index in [1.165, 1.54) is 0 Å². The second-order valence-corrected chi connectivity index (χ2v) is 8.86. The number of rotatable bonds is 7. The van der Waals surface area contributed by atoms with Crippen molar-refractivity contribution in [2.75, 3.05) is 52.5 Å². The number of morpholine rings is 1. The molecule has 1 aromatic heterocycles. The number of likely N-dealkylation sites (tertiary alicyclic amines) is 1. The van der Waals surface area contributed by atoms with Gasteiger partial charge in [0.1, 0.15) is 0 Å². The highest BCUT2D eigenvalue weighted by Crippen LogP contribution is 2.47. The number of aryl methyl sites for hydroxylation is 1. The van der Waals surface area contributed by atoms with E-state index in [-0.39, 0.29) is 11.3 Å². The lowest BCUT2D eigenvalue weighted by atomic mass is 9.61.